The lowest BCUT2D eigenvalue weighted by Crippen LogP contribution is -2.74. The summed E-state index contributed by atoms with van der Waals surface area (Å²) < 4.78 is 285. The van der Waals surface area contributed by atoms with Crippen LogP contribution in [0.4, 0.5) is 93.9 Å². The van der Waals surface area contributed by atoms with Gasteiger partial charge in [0.1, 0.15) is 30.1 Å². The van der Waals surface area contributed by atoms with Gasteiger partial charge in [0.25, 0.3) is 0 Å². The fourth-order valence-electron chi connectivity index (χ4n) is 6.63. The number of nitrogens with one attached hydrogen (secondary N) is 1. The van der Waals surface area contributed by atoms with E-state index in [9.17, 15) is 84.2 Å². The molecule has 1 N–H and O–H groups in total. The summed E-state index contributed by atoms with van der Waals surface area (Å²) in [5, 5.41) is 2.14. The number of unbranched alkanes of at least 4 members (excludes halogenated alkanes) is 1. The summed E-state index contributed by atoms with van der Waals surface area (Å²) in [6.07, 6.45) is -10.3. The number of esters is 1. The molecule has 0 bridgehead atoms. The number of hydrogen-bond donors (Lipinski definition) is 1. The Balaban J connectivity index is 2.28. The van der Waals surface area contributed by atoms with Gasteiger partial charge < -0.3 is 18.6 Å². The Labute approximate surface area is 377 Å². The second kappa shape index (κ2) is 22.1. The molecule has 0 unspecified atom stereocenters. The zero-order valence-corrected chi connectivity index (χ0v) is 37.6. The SMILES string of the molecule is CCOC(=O)/C(C)=C/CCC[C@H](OC(=O)Nc1ccc(F)cc1F)c1ccc(OCCO[Si](CCC(F)(F)C(F)(F)C(F)(F)C(F)(F)C(F)(F)C(F)(F)C(F)(F)C(F)(F)F)(C(C)C)C(C)C)cc1. The van der Waals surface area contributed by atoms with Crippen molar-refractivity contribution in [2.24, 2.45) is 0 Å². The maximum Gasteiger partial charge on any atom is 0.460 e. The normalized spacial score (nSPS) is 14.6. The van der Waals surface area contributed by atoms with Crippen molar-refractivity contribution in [3.8, 4) is 5.75 Å². The van der Waals surface area contributed by atoms with Crippen LogP contribution in [0.5, 0.6) is 5.75 Å². The number of halogens is 19. The Morgan fingerprint density at radius 2 is 1.22 bits per heavy atom. The molecule has 0 radical (unpaired) electrons. The lowest BCUT2D eigenvalue weighted by molar-refractivity contribution is -0.461. The number of rotatable bonds is 25. The highest BCUT2D eigenvalue weighted by atomic mass is 28.4. The highest BCUT2D eigenvalue weighted by Gasteiger charge is 2.95. The number of alkyl halides is 17. The molecule has 1 atom stereocenters. The fraction of sp³-hybridized carbons (Fsp3) is 0.610. The molecule has 7 nitrogen and oxygen atoms in total. The Bertz CT molecular complexity index is 2020. The van der Waals surface area contributed by atoms with Gasteiger partial charge in [-0.3, -0.25) is 5.32 Å². The molecule has 0 aliphatic heterocycles. The highest BCUT2D eigenvalue weighted by Crippen LogP contribution is 2.64. The first kappa shape index (κ1) is 59.7. The van der Waals surface area contributed by atoms with E-state index in [-0.39, 0.29) is 18.8 Å². The first-order chi connectivity index (χ1) is 30.8. The van der Waals surface area contributed by atoms with E-state index in [4.69, 9.17) is 18.6 Å². The fourth-order valence-corrected chi connectivity index (χ4v) is 11.1. The summed E-state index contributed by atoms with van der Waals surface area (Å²) in [6.45, 7) is 7.40. The molecule has 0 saturated heterocycles. The molecular weight excluding hydrogens is 992 g/mol. The lowest BCUT2D eigenvalue weighted by atomic mass is 9.88. The monoisotopic (exact) mass is 1040 g/mol. The Kier molecular flexibility index (Phi) is 19.4. The van der Waals surface area contributed by atoms with Crippen LogP contribution in [0.15, 0.2) is 54.1 Å². The average Bonchev–Trinajstić information content (AvgIpc) is 3.21. The molecule has 27 heteroatoms. The minimum absolute atomic E-state index is 0.0630. The smallest absolute Gasteiger partial charge is 0.460 e. The van der Waals surface area contributed by atoms with Crippen molar-refractivity contribution in [1.82, 2.24) is 0 Å². The molecule has 0 spiro atoms. The maximum absolute atomic E-state index is 15.0. The zero-order chi connectivity index (χ0) is 52.7. The third-order valence-electron chi connectivity index (χ3n) is 10.7. The van der Waals surface area contributed by atoms with E-state index < -0.39 is 128 Å². The van der Waals surface area contributed by atoms with Gasteiger partial charge in [0, 0.05) is 18.1 Å². The van der Waals surface area contributed by atoms with Crippen molar-refractivity contribution < 1.29 is 112 Å². The predicted molar refractivity (Wildman–Crippen MR) is 207 cm³/mol. The molecule has 2 aromatic rings. The lowest BCUT2D eigenvalue weighted by Gasteiger charge is -2.44. The van der Waals surface area contributed by atoms with Gasteiger partial charge in [0.2, 0.25) is 0 Å². The molecule has 0 aromatic heterocycles. The summed E-state index contributed by atoms with van der Waals surface area (Å²) >= 11 is 0. The molecular formula is C41H46F19NO6Si. The second-order valence-electron chi connectivity index (χ2n) is 15.9. The van der Waals surface area contributed by atoms with E-state index in [1.807, 2.05) is 0 Å². The maximum atomic E-state index is 15.0. The Morgan fingerprint density at radius 1 is 0.706 bits per heavy atom. The molecule has 0 aliphatic carbocycles. The molecule has 0 fully saturated rings. The number of hydrogen-bond acceptors (Lipinski definition) is 6. The Morgan fingerprint density at radius 3 is 1.71 bits per heavy atom. The van der Waals surface area contributed by atoms with Crippen molar-refractivity contribution in [2.75, 3.05) is 25.1 Å². The Hall–Kier alpha value is -4.43. The zero-order valence-electron chi connectivity index (χ0n) is 36.6. The molecule has 0 aliphatic rings. The van der Waals surface area contributed by atoms with Crippen LogP contribution in [-0.2, 0) is 18.7 Å². The third-order valence-corrected chi connectivity index (χ3v) is 16.4. The molecule has 0 saturated carbocycles. The van der Waals surface area contributed by atoms with E-state index in [1.54, 1.807) is 13.0 Å². The van der Waals surface area contributed by atoms with Crippen molar-refractivity contribution in [3.05, 3.63) is 71.3 Å². The van der Waals surface area contributed by atoms with Crippen LogP contribution in [0, 0.1) is 11.6 Å². The largest absolute Gasteiger partial charge is 0.491 e. The van der Waals surface area contributed by atoms with Crippen molar-refractivity contribution in [2.45, 2.75) is 138 Å². The number of amides is 1. The number of benzene rings is 2. The van der Waals surface area contributed by atoms with Crippen LogP contribution >= 0.6 is 0 Å². The van der Waals surface area contributed by atoms with Crippen molar-refractivity contribution in [1.29, 1.82) is 0 Å². The first-order valence-electron chi connectivity index (χ1n) is 20.2. The van der Waals surface area contributed by atoms with Gasteiger partial charge in [-0.2, -0.15) is 74.6 Å². The highest BCUT2D eigenvalue weighted by molar-refractivity contribution is 6.76. The van der Waals surface area contributed by atoms with Crippen LogP contribution in [-0.4, -0.2) is 87.8 Å². The average molecular weight is 1040 g/mol. The van der Waals surface area contributed by atoms with Crippen LogP contribution in [0.25, 0.3) is 0 Å². The van der Waals surface area contributed by atoms with E-state index in [0.29, 0.717) is 30.0 Å². The van der Waals surface area contributed by atoms with Gasteiger partial charge >= 0.3 is 59.7 Å². The number of ether oxygens (including phenoxy) is 3. The van der Waals surface area contributed by atoms with Gasteiger partial charge in [0.15, 0.2) is 8.32 Å². The van der Waals surface area contributed by atoms with Gasteiger partial charge in [-0.1, -0.05) is 45.9 Å². The van der Waals surface area contributed by atoms with Crippen LogP contribution in [0.3, 0.4) is 0 Å². The van der Waals surface area contributed by atoms with Gasteiger partial charge in [-0.05, 0) is 80.1 Å². The summed E-state index contributed by atoms with van der Waals surface area (Å²) in [5.41, 5.74) is -1.61. The summed E-state index contributed by atoms with van der Waals surface area (Å²) in [7, 11) is -4.05. The number of carbonyl (C=O) groups excluding carboxylic acids is 2. The van der Waals surface area contributed by atoms with E-state index in [0.717, 1.165) is 12.1 Å². The van der Waals surface area contributed by atoms with Crippen LogP contribution in [0.1, 0.15) is 78.9 Å². The van der Waals surface area contributed by atoms with Crippen LogP contribution < -0.4 is 10.1 Å². The van der Waals surface area contributed by atoms with Crippen molar-refractivity contribution in [3.63, 3.8) is 0 Å². The summed E-state index contributed by atoms with van der Waals surface area (Å²) in [4.78, 5) is 24.7. The molecule has 1 amide bonds. The standard InChI is InChI=1S/C41H46F19NO6Si/c1-7-64-32(62)25(6)10-8-9-11-31(67-33(63)61-30-17-14-27(42)22-29(30)43)26-12-15-28(16-13-26)65-19-20-66-68(23(2)3,24(4)5)21-18-34(44,45)35(46,47)36(48,49)37(50,51)38(52,53)39(54,55)40(56,57)41(58,59)60/h10,12-17,22-24,31H,7-9,11,18-21H2,1-6H3,(H,61,63)/b25-10+/t31-/m0/s1. The van der Waals surface area contributed by atoms with Gasteiger partial charge in [-0.15, -0.1) is 0 Å². The quantitative estimate of drug-likeness (QED) is 0.0351. The third kappa shape index (κ3) is 12.5. The van der Waals surface area contributed by atoms with Crippen LogP contribution in [0.2, 0.25) is 17.1 Å². The van der Waals surface area contributed by atoms with E-state index in [2.05, 4.69) is 5.32 Å². The predicted octanol–water partition coefficient (Wildman–Crippen LogP) is 14.5. The van der Waals surface area contributed by atoms with Gasteiger partial charge in [-0.25, -0.2) is 18.4 Å². The molecule has 2 aromatic carbocycles. The molecule has 388 valence electrons. The van der Waals surface area contributed by atoms with E-state index in [1.165, 1.54) is 58.9 Å². The van der Waals surface area contributed by atoms with E-state index >= 15 is 8.78 Å². The minimum atomic E-state index is -8.72. The minimum Gasteiger partial charge on any atom is -0.491 e. The topological polar surface area (TPSA) is 83.1 Å². The van der Waals surface area contributed by atoms with Gasteiger partial charge in [0.05, 0.1) is 18.9 Å². The first-order valence-corrected chi connectivity index (χ1v) is 22.4. The summed E-state index contributed by atoms with van der Waals surface area (Å²) in [6, 6.07) is 6.47. The molecule has 0 heterocycles. The number of carbonyl (C=O) groups is 2. The number of anilines is 1. The number of allylic oxidation sites excluding steroid dienone is 1. The summed E-state index contributed by atoms with van der Waals surface area (Å²) in [5.74, 6) is -59.5. The molecule has 68 heavy (non-hydrogen) atoms. The van der Waals surface area contributed by atoms with Crippen molar-refractivity contribution >= 4 is 26.1 Å². The second-order valence-corrected chi connectivity index (χ2v) is 20.9. The molecule has 2 rings (SSSR count).